The van der Waals surface area contributed by atoms with Crippen LogP contribution in [-0.4, -0.2) is 0 Å². The third-order valence-corrected chi connectivity index (χ3v) is 3.76. The lowest BCUT2D eigenvalue weighted by Gasteiger charge is -1.81. The van der Waals surface area contributed by atoms with Crippen molar-refractivity contribution >= 4 is 20.7 Å². The fourth-order valence-electron chi connectivity index (χ4n) is 1.52. The third-order valence-electron chi connectivity index (χ3n) is 2.15. The molecule has 0 amide bonds. The molecule has 0 spiro atoms. The summed E-state index contributed by atoms with van der Waals surface area (Å²) in [5.74, 6) is 0. The highest BCUT2D eigenvalue weighted by Gasteiger charge is 2.19. The second kappa shape index (κ2) is 2.87. The van der Waals surface area contributed by atoms with Gasteiger partial charge in [0.25, 0.3) is 5.52 Å². The molecule has 0 N–H and O–H groups in total. The van der Waals surface area contributed by atoms with E-state index in [-0.39, 0.29) is 0 Å². The molecule has 0 aliphatic carbocycles. The van der Waals surface area contributed by atoms with E-state index in [1.54, 1.807) is 0 Å². The highest BCUT2D eigenvalue weighted by atomic mass is 32.2. The van der Waals surface area contributed by atoms with E-state index in [2.05, 4.69) is 47.5 Å². The maximum atomic E-state index is 2.33. The monoisotopic (exact) mass is 179 g/mol. The fraction of sp³-hybridized carbons (Fsp3) is 0.300. The Hall–Kier alpha value is -0.890. The van der Waals surface area contributed by atoms with Crippen LogP contribution in [-0.2, 0) is 12.8 Å². The first kappa shape index (κ1) is 7.74. The Morgan fingerprint density at radius 1 is 1.33 bits per heavy atom. The quantitative estimate of drug-likeness (QED) is 0.467. The number of nitrogens with zero attached hydrogens (tertiary/aromatic N) is 1. The minimum atomic E-state index is 0.323. The van der Waals surface area contributed by atoms with E-state index in [0.29, 0.717) is 10.5 Å². The Kier molecular flexibility index (Phi) is 1.85. The maximum absolute atomic E-state index is 2.33. The molecule has 0 fully saturated rings. The van der Waals surface area contributed by atoms with Gasteiger partial charge >= 0.3 is 5.51 Å². The molecule has 2 heteroatoms. The minimum absolute atomic E-state index is 0.323. The molecule has 1 nitrogen and oxygen atoms in total. The van der Waals surface area contributed by atoms with Crippen LogP contribution in [0.2, 0.25) is 0 Å². The number of aryl methyl sites for hydroxylation is 2. The fourth-order valence-corrected chi connectivity index (χ4v) is 3.08. The van der Waals surface area contributed by atoms with Crippen molar-refractivity contribution in [3.8, 4) is 0 Å². The van der Waals surface area contributed by atoms with Gasteiger partial charge in [-0.1, -0.05) is 12.1 Å². The van der Waals surface area contributed by atoms with Gasteiger partial charge in [0.2, 0.25) is 4.70 Å². The molecule has 0 aliphatic heterocycles. The molecule has 1 aromatic carbocycles. The number of benzene rings is 1. The lowest BCUT2D eigenvalue weighted by Crippen LogP contribution is -2.29. The van der Waals surface area contributed by atoms with Gasteiger partial charge < -0.3 is 0 Å². The van der Waals surface area contributed by atoms with Crippen LogP contribution in [0, 0.1) is 0 Å². The predicted molar refractivity (Wildman–Crippen MR) is 53.3 cm³/mol. The van der Waals surface area contributed by atoms with Crippen molar-refractivity contribution in [2.75, 3.05) is 0 Å². The molecule has 0 bridgehead atoms. The SMILES string of the molecule is CC[n+]1c[s+](C)c2ccccc21. The molecule has 12 heavy (non-hydrogen) atoms. The first-order valence-corrected chi connectivity index (χ1v) is 5.88. The summed E-state index contributed by atoms with van der Waals surface area (Å²) in [5.41, 5.74) is 3.72. The molecule has 1 atom stereocenters. The van der Waals surface area contributed by atoms with Crippen molar-refractivity contribution in [2.24, 2.45) is 6.26 Å². The van der Waals surface area contributed by atoms with Gasteiger partial charge in [-0.2, -0.15) is 0 Å². The summed E-state index contributed by atoms with van der Waals surface area (Å²) in [4.78, 5) is 0. The molecular formula is C10H13NS+2. The second-order valence-corrected chi connectivity index (χ2v) is 4.68. The van der Waals surface area contributed by atoms with E-state index in [1.165, 1.54) is 10.2 Å². The molecule has 0 saturated heterocycles. The Morgan fingerprint density at radius 2 is 2.08 bits per heavy atom. The second-order valence-electron chi connectivity index (χ2n) is 2.92. The number of rotatable bonds is 1. The number of aromatic nitrogens is 1. The summed E-state index contributed by atoms with van der Waals surface area (Å²) in [6.07, 6.45) is 2.27. The van der Waals surface area contributed by atoms with E-state index >= 15 is 0 Å². The maximum Gasteiger partial charge on any atom is 0.369 e. The Morgan fingerprint density at radius 3 is 2.83 bits per heavy atom. The first-order valence-electron chi connectivity index (χ1n) is 4.18. The van der Waals surface area contributed by atoms with Crippen LogP contribution in [0.1, 0.15) is 6.92 Å². The van der Waals surface area contributed by atoms with Gasteiger partial charge in [-0.25, -0.2) is 0 Å². The van der Waals surface area contributed by atoms with E-state index in [0.717, 1.165) is 6.54 Å². The minimum Gasteiger partial charge on any atom is -0.149 e. The molecule has 62 valence electrons. The van der Waals surface area contributed by atoms with Crippen molar-refractivity contribution in [1.82, 2.24) is 0 Å². The molecule has 2 aromatic rings. The number of fused-ring (bicyclic) bond motifs is 1. The van der Waals surface area contributed by atoms with Crippen LogP contribution in [0.3, 0.4) is 0 Å². The lowest BCUT2D eigenvalue weighted by molar-refractivity contribution is -0.663. The Bertz CT molecular complexity index is 403. The Balaban J connectivity index is 2.82. The van der Waals surface area contributed by atoms with Crippen LogP contribution in [0.4, 0.5) is 0 Å². The Labute approximate surface area is 75.2 Å². The number of hydrogen-bond acceptors (Lipinski definition) is 0. The zero-order valence-corrected chi connectivity index (χ0v) is 8.27. The molecular weight excluding hydrogens is 166 g/mol. The number of hydrogen-bond donors (Lipinski definition) is 0. The third kappa shape index (κ3) is 1.03. The van der Waals surface area contributed by atoms with Crippen LogP contribution >= 0.6 is 10.5 Å². The molecule has 0 saturated carbocycles. The van der Waals surface area contributed by atoms with Gasteiger partial charge in [-0.15, -0.1) is 4.57 Å². The largest absolute Gasteiger partial charge is 0.369 e. The molecule has 2 rings (SSSR count). The van der Waals surface area contributed by atoms with E-state index < -0.39 is 0 Å². The van der Waals surface area contributed by atoms with Crippen LogP contribution in [0.5, 0.6) is 0 Å². The topological polar surface area (TPSA) is 3.88 Å². The van der Waals surface area contributed by atoms with Gasteiger partial charge in [-0.3, -0.25) is 0 Å². The zero-order chi connectivity index (χ0) is 8.55. The van der Waals surface area contributed by atoms with Crippen molar-refractivity contribution < 1.29 is 4.57 Å². The highest BCUT2D eigenvalue weighted by molar-refractivity contribution is 7.33. The standard InChI is InChI=1S/C10H13NS/c1-3-11-8-12(2)10-7-5-4-6-9(10)11/h4-8H,3H2,1-2H3/q+2. The summed E-state index contributed by atoms with van der Waals surface area (Å²) in [6, 6.07) is 8.66. The lowest BCUT2D eigenvalue weighted by atomic mass is 10.3. The van der Waals surface area contributed by atoms with Crippen LogP contribution in [0.25, 0.3) is 10.2 Å². The van der Waals surface area contributed by atoms with Crippen LogP contribution < -0.4 is 4.57 Å². The van der Waals surface area contributed by atoms with Crippen molar-refractivity contribution in [3.05, 3.63) is 29.8 Å². The zero-order valence-electron chi connectivity index (χ0n) is 7.45. The van der Waals surface area contributed by atoms with Crippen molar-refractivity contribution in [2.45, 2.75) is 13.5 Å². The van der Waals surface area contributed by atoms with Crippen LogP contribution in [0.15, 0.2) is 29.8 Å². The number of thiazole rings is 1. The average Bonchev–Trinajstić information content (AvgIpc) is 2.44. The van der Waals surface area contributed by atoms with Gasteiger partial charge in [0, 0.05) is 12.1 Å². The molecule has 0 radical (unpaired) electrons. The van der Waals surface area contributed by atoms with Gasteiger partial charge in [0.05, 0.1) is 10.5 Å². The molecule has 0 aliphatic rings. The summed E-state index contributed by atoms with van der Waals surface area (Å²) < 4.78 is 3.82. The van der Waals surface area contributed by atoms with Crippen molar-refractivity contribution in [1.29, 1.82) is 0 Å². The van der Waals surface area contributed by atoms with Gasteiger partial charge in [-0.05, 0) is 6.92 Å². The van der Waals surface area contributed by atoms with E-state index in [4.69, 9.17) is 0 Å². The summed E-state index contributed by atoms with van der Waals surface area (Å²) >= 11 is 0. The molecule has 1 aromatic heterocycles. The van der Waals surface area contributed by atoms with E-state index in [1.807, 2.05) is 0 Å². The summed E-state index contributed by atoms with van der Waals surface area (Å²) in [7, 11) is 0.323. The van der Waals surface area contributed by atoms with Crippen molar-refractivity contribution in [3.63, 3.8) is 0 Å². The van der Waals surface area contributed by atoms with Gasteiger partial charge in [0.1, 0.15) is 6.26 Å². The van der Waals surface area contributed by atoms with Gasteiger partial charge in [0.15, 0.2) is 6.54 Å². The highest BCUT2D eigenvalue weighted by Crippen LogP contribution is 2.24. The predicted octanol–water partition coefficient (Wildman–Crippen LogP) is 2.43. The summed E-state index contributed by atoms with van der Waals surface area (Å²) in [5, 5.41) is 0. The summed E-state index contributed by atoms with van der Waals surface area (Å²) in [6.45, 7) is 3.27. The molecule has 1 unspecified atom stereocenters. The average molecular weight is 179 g/mol. The normalized spacial score (nSPS) is 12.3. The van der Waals surface area contributed by atoms with E-state index in [9.17, 15) is 0 Å². The molecule has 1 heterocycles. The first-order chi connectivity index (χ1) is 5.83. The smallest absolute Gasteiger partial charge is 0.149 e. The number of para-hydroxylation sites is 1.